The van der Waals surface area contributed by atoms with Crippen LogP contribution in [0.25, 0.3) is 11.3 Å². The van der Waals surface area contributed by atoms with Crippen LogP contribution in [0.1, 0.15) is 5.56 Å². The lowest BCUT2D eigenvalue weighted by molar-refractivity contribution is 0.767. The minimum atomic E-state index is 0.698. The van der Waals surface area contributed by atoms with E-state index in [1.165, 1.54) is 0 Å². The summed E-state index contributed by atoms with van der Waals surface area (Å²) >= 11 is 0. The Bertz CT molecular complexity index is 466. The van der Waals surface area contributed by atoms with Crippen LogP contribution in [0.2, 0.25) is 0 Å². The van der Waals surface area contributed by atoms with E-state index in [9.17, 15) is 0 Å². The molecule has 0 radical (unpaired) electrons. The van der Waals surface area contributed by atoms with Crippen molar-refractivity contribution in [3.05, 3.63) is 18.0 Å². The van der Waals surface area contributed by atoms with Crippen LogP contribution in [0.5, 0.6) is 0 Å². The molecule has 5 heteroatoms. The summed E-state index contributed by atoms with van der Waals surface area (Å²) in [5.74, 6) is 0.698. The lowest BCUT2D eigenvalue weighted by Gasteiger charge is -1.92. The first-order valence-corrected chi connectivity index (χ1v) is 4.37. The number of aromatic nitrogens is 4. The number of hydrogen-bond donors (Lipinski definition) is 1. The number of hydrogen-bond acceptors (Lipinski definition) is 3. The Morgan fingerprint density at radius 2 is 2.07 bits per heavy atom. The molecule has 2 aromatic rings. The van der Waals surface area contributed by atoms with E-state index < -0.39 is 0 Å². The van der Waals surface area contributed by atoms with Crippen LogP contribution < -0.4 is 5.73 Å². The molecular formula is C9H13N5. The smallest absolute Gasteiger partial charge is 0.124 e. The van der Waals surface area contributed by atoms with Gasteiger partial charge in [0.2, 0.25) is 0 Å². The molecule has 5 nitrogen and oxygen atoms in total. The quantitative estimate of drug-likeness (QED) is 0.722. The Hall–Kier alpha value is -1.78. The van der Waals surface area contributed by atoms with Gasteiger partial charge >= 0.3 is 0 Å². The molecule has 0 aliphatic heterocycles. The molecule has 0 saturated heterocycles. The van der Waals surface area contributed by atoms with E-state index in [0.717, 1.165) is 16.8 Å². The Balaban J connectivity index is 2.57. The van der Waals surface area contributed by atoms with Crippen molar-refractivity contribution in [2.45, 2.75) is 6.92 Å². The summed E-state index contributed by atoms with van der Waals surface area (Å²) in [6, 6.07) is 0. The minimum Gasteiger partial charge on any atom is -0.384 e. The summed E-state index contributed by atoms with van der Waals surface area (Å²) in [5, 5.41) is 8.43. The van der Waals surface area contributed by atoms with Crippen molar-refractivity contribution < 1.29 is 0 Å². The first-order chi connectivity index (χ1) is 6.59. The molecule has 0 aliphatic rings. The second-order valence-corrected chi connectivity index (χ2v) is 3.39. The molecule has 0 bridgehead atoms. The predicted octanol–water partition coefficient (Wildman–Crippen LogP) is 0.711. The SMILES string of the molecule is Cc1c(-c2cnn(C)c2)nn(C)c1N. The molecule has 2 heterocycles. The van der Waals surface area contributed by atoms with Crippen LogP contribution in [0, 0.1) is 6.92 Å². The average molecular weight is 191 g/mol. The molecular weight excluding hydrogens is 178 g/mol. The average Bonchev–Trinajstić information content (AvgIpc) is 2.66. The van der Waals surface area contributed by atoms with Crippen molar-refractivity contribution in [3.63, 3.8) is 0 Å². The van der Waals surface area contributed by atoms with Gasteiger partial charge in [-0.05, 0) is 6.92 Å². The monoisotopic (exact) mass is 191 g/mol. The van der Waals surface area contributed by atoms with E-state index in [2.05, 4.69) is 10.2 Å². The van der Waals surface area contributed by atoms with Crippen LogP contribution in [0.3, 0.4) is 0 Å². The van der Waals surface area contributed by atoms with Gasteiger partial charge in [0.15, 0.2) is 0 Å². The molecule has 0 aliphatic carbocycles. The van der Waals surface area contributed by atoms with Gasteiger partial charge in [0, 0.05) is 31.4 Å². The van der Waals surface area contributed by atoms with Gasteiger partial charge in [-0.2, -0.15) is 10.2 Å². The third kappa shape index (κ3) is 1.17. The lowest BCUT2D eigenvalue weighted by atomic mass is 10.2. The summed E-state index contributed by atoms with van der Waals surface area (Å²) in [5.41, 5.74) is 8.72. The zero-order chi connectivity index (χ0) is 10.3. The zero-order valence-electron chi connectivity index (χ0n) is 8.52. The molecule has 2 N–H and O–H groups in total. The fraction of sp³-hybridized carbons (Fsp3) is 0.333. The zero-order valence-corrected chi connectivity index (χ0v) is 8.52. The predicted molar refractivity (Wildman–Crippen MR) is 54.6 cm³/mol. The summed E-state index contributed by atoms with van der Waals surface area (Å²) in [6.07, 6.45) is 3.71. The summed E-state index contributed by atoms with van der Waals surface area (Å²) in [4.78, 5) is 0. The summed E-state index contributed by atoms with van der Waals surface area (Å²) in [7, 11) is 3.72. The van der Waals surface area contributed by atoms with E-state index in [-0.39, 0.29) is 0 Å². The number of nitrogens with two attached hydrogens (primary N) is 1. The second kappa shape index (κ2) is 2.87. The van der Waals surface area contributed by atoms with Gasteiger partial charge in [-0.25, -0.2) is 0 Å². The van der Waals surface area contributed by atoms with Crippen LogP contribution in [-0.2, 0) is 14.1 Å². The Morgan fingerprint density at radius 1 is 1.36 bits per heavy atom. The van der Waals surface area contributed by atoms with Crippen molar-refractivity contribution in [3.8, 4) is 11.3 Å². The molecule has 0 atom stereocenters. The molecule has 0 saturated carbocycles. The van der Waals surface area contributed by atoms with Gasteiger partial charge in [0.1, 0.15) is 11.5 Å². The fourth-order valence-corrected chi connectivity index (χ4v) is 1.46. The van der Waals surface area contributed by atoms with E-state index in [1.807, 2.05) is 27.2 Å². The van der Waals surface area contributed by atoms with Gasteiger partial charge in [-0.15, -0.1) is 0 Å². The first kappa shape index (κ1) is 8.80. The highest BCUT2D eigenvalue weighted by atomic mass is 15.3. The van der Waals surface area contributed by atoms with Crippen LogP contribution >= 0.6 is 0 Å². The molecule has 0 aromatic carbocycles. The Morgan fingerprint density at radius 3 is 2.50 bits per heavy atom. The van der Waals surface area contributed by atoms with Crippen LogP contribution in [0.4, 0.5) is 5.82 Å². The number of nitrogen functional groups attached to an aromatic ring is 1. The molecule has 14 heavy (non-hydrogen) atoms. The maximum atomic E-state index is 5.82. The van der Waals surface area contributed by atoms with Crippen LogP contribution in [0.15, 0.2) is 12.4 Å². The van der Waals surface area contributed by atoms with Crippen molar-refractivity contribution in [2.24, 2.45) is 14.1 Å². The van der Waals surface area contributed by atoms with Crippen LogP contribution in [-0.4, -0.2) is 19.6 Å². The molecule has 2 rings (SSSR count). The number of anilines is 1. The third-order valence-corrected chi connectivity index (χ3v) is 2.32. The lowest BCUT2D eigenvalue weighted by Crippen LogP contribution is -1.97. The molecule has 0 unspecified atom stereocenters. The van der Waals surface area contributed by atoms with Crippen molar-refractivity contribution in [1.82, 2.24) is 19.6 Å². The van der Waals surface area contributed by atoms with Gasteiger partial charge < -0.3 is 5.73 Å². The van der Waals surface area contributed by atoms with Gasteiger partial charge in [-0.3, -0.25) is 9.36 Å². The van der Waals surface area contributed by atoms with E-state index in [4.69, 9.17) is 5.73 Å². The topological polar surface area (TPSA) is 61.7 Å². The van der Waals surface area contributed by atoms with Crippen molar-refractivity contribution >= 4 is 5.82 Å². The standard InChI is InChI=1S/C9H13N5/c1-6-8(12-14(3)9(6)10)7-4-11-13(2)5-7/h4-5H,10H2,1-3H3. The number of aryl methyl sites for hydroxylation is 2. The maximum absolute atomic E-state index is 5.82. The summed E-state index contributed by atoms with van der Waals surface area (Å²) < 4.78 is 3.43. The fourth-order valence-electron chi connectivity index (χ4n) is 1.46. The van der Waals surface area contributed by atoms with Gasteiger partial charge in [0.25, 0.3) is 0 Å². The van der Waals surface area contributed by atoms with E-state index in [0.29, 0.717) is 5.82 Å². The van der Waals surface area contributed by atoms with Crippen molar-refractivity contribution in [1.29, 1.82) is 0 Å². The van der Waals surface area contributed by atoms with Gasteiger partial charge in [-0.1, -0.05) is 0 Å². The Labute approximate surface area is 82.1 Å². The third-order valence-electron chi connectivity index (χ3n) is 2.32. The highest BCUT2D eigenvalue weighted by Crippen LogP contribution is 2.24. The Kier molecular flexibility index (Phi) is 1.80. The highest BCUT2D eigenvalue weighted by Gasteiger charge is 2.12. The molecule has 0 fully saturated rings. The minimum absolute atomic E-state index is 0.698. The molecule has 2 aromatic heterocycles. The molecule has 0 amide bonds. The van der Waals surface area contributed by atoms with E-state index in [1.54, 1.807) is 15.6 Å². The molecule has 0 spiro atoms. The highest BCUT2D eigenvalue weighted by molar-refractivity contribution is 5.66. The maximum Gasteiger partial charge on any atom is 0.124 e. The molecule has 74 valence electrons. The largest absolute Gasteiger partial charge is 0.384 e. The first-order valence-electron chi connectivity index (χ1n) is 4.37. The second-order valence-electron chi connectivity index (χ2n) is 3.39. The van der Waals surface area contributed by atoms with E-state index >= 15 is 0 Å². The van der Waals surface area contributed by atoms with Crippen molar-refractivity contribution in [2.75, 3.05) is 5.73 Å². The number of rotatable bonds is 1. The normalized spacial score (nSPS) is 10.8. The number of nitrogens with zero attached hydrogens (tertiary/aromatic N) is 4. The van der Waals surface area contributed by atoms with Gasteiger partial charge in [0.05, 0.1) is 6.20 Å². The summed E-state index contributed by atoms with van der Waals surface area (Å²) in [6.45, 7) is 1.96.